The van der Waals surface area contributed by atoms with Crippen molar-refractivity contribution in [1.82, 2.24) is 10.2 Å². The van der Waals surface area contributed by atoms with E-state index in [0.717, 1.165) is 11.0 Å². The van der Waals surface area contributed by atoms with Crippen LogP contribution in [0.2, 0.25) is 0 Å². The first-order valence-corrected chi connectivity index (χ1v) is 9.58. The molecular weight excluding hydrogens is 394 g/mol. The van der Waals surface area contributed by atoms with Crippen LogP contribution in [0.25, 0.3) is 0 Å². The van der Waals surface area contributed by atoms with Gasteiger partial charge in [-0.25, -0.2) is 13.6 Å². The molecule has 3 aliphatic rings. The largest absolute Gasteiger partial charge is 0.368 e. The van der Waals surface area contributed by atoms with Gasteiger partial charge in [-0.2, -0.15) is 0 Å². The van der Waals surface area contributed by atoms with Gasteiger partial charge in [0.15, 0.2) is 0 Å². The molecule has 2 aromatic rings. The summed E-state index contributed by atoms with van der Waals surface area (Å²) in [4.78, 5) is 39.7. The van der Waals surface area contributed by atoms with Gasteiger partial charge in [0.1, 0.15) is 11.6 Å². The second kappa shape index (κ2) is 6.51. The molecule has 30 heavy (non-hydrogen) atoms. The Hall–Kier alpha value is -3.49. The van der Waals surface area contributed by atoms with Gasteiger partial charge in [-0.1, -0.05) is 6.07 Å². The van der Waals surface area contributed by atoms with E-state index in [1.165, 1.54) is 19.2 Å². The molecule has 4 amide bonds. The maximum Gasteiger partial charge on any atom is 0.319 e. The Labute approximate surface area is 170 Å². The lowest BCUT2D eigenvalue weighted by Crippen LogP contribution is -2.37. The van der Waals surface area contributed by atoms with Gasteiger partial charge >= 0.3 is 6.03 Å². The number of halogens is 2. The number of anilines is 2. The van der Waals surface area contributed by atoms with Crippen molar-refractivity contribution in [3.63, 3.8) is 0 Å². The number of nitrogens with zero attached hydrogens (tertiary/aromatic N) is 2. The number of fused-ring (bicyclic) bond motifs is 2. The first-order chi connectivity index (χ1) is 14.3. The third kappa shape index (κ3) is 2.80. The minimum atomic E-state index is -0.615. The van der Waals surface area contributed by atoms with Crippen LogP contribution < -0.4 is 15.5 Å². The van der Waals surface area contributed by atoms with E-state index in [0.29, 0.717) is 18.8 Å². The molecule has 5 rings (SSSR count). The van der Waals surface area contributed by atoms with Gasteiger partial charge < -0.3 is 15.5 Å². The smallest absolute Gasteiger partial charge is 0.319 e. The molecule has 1 saturated heterocycles. The highest BCUT2D eigenvalue weighted by Gasteiger charge is 2.56. The maximum atomic E-state index is 14.0. The Bertz CT molecular complexity index is 1090. The SMILES string of the molecule is CN1C(=O)c2cccc(NC(=O)N[C@H]3[C@@H]4CN(c5ccc(F)cc5F)C[C@@H]43)c2C1=O. The van der Waals surface area contributed by atoms with E-state index in [4.69, 9.17) is 0 Å². The Morgan fingerprint density at radius 3 is 2.50 bits per heavy atom. The number of piperidine rings is 1. The number of urea groups is 1. The molecule has 0 spiro atoms. The van der Waals surface area contributed by atoms with E-state index in [9.17, 15) is 23.2 Å². The molecule has 0 aromatic heterocycles. The number of nitrogens with one attached hydrogen (secondary N) is 2. The van der Waals surface area contributed by atoms with E-state index < -0.39 is 29.5 Å². The Morgan fingerprint density at radius 2 is 1.80 bits per heavy atom. The molecule has 154 valence electrons. The number of hydrogen-bond donors (Lipinski definition) is 2. The highest BCUT2D eigenvalue weighted by molar-refractivity contribution is 6.24. The number of carbonyl (C=O) groups excluding carboxylic acids is 3. The van der Waals surface area contributed by atoms with Gasteiger partial charge in [0.05, 0.1) is 22.5 Å². The number of carbonyl (C=O) groups is 3. The Morgan fingerprint density at radius 1 is 1.07 bits per heavy atom. The van der Waals surface area contributed by atoms with Crippen molar-refractivity contribution in [1.29, 1.82) is 0 Å². The number of benzene rings is 2. The molecule has 0 unspecified atom stereocenters. The highest BCUT2D eigenvalue weighted by Crippen LogP contribution is 2.47. The molecule has 7 nitrogen and oxygen atoms in total. The normalized spacial score (nSPS) is 24.0. The predicted octanol–water partition coefficient (Wildman–Crippen LogP) is 2.45. The van der Waals surface area contributed by atoms with Crippen LogP contribution in [0.4, 0.5) is 25.0 Å². The molecular formula is C21H18F2N4O3. The number of rotatable bonds is 3. The molecule has 2 aromatic carbocycles. The molecule has 2 N–H and O–H groups in total. The standard InChI is InChI=1S/C21H18F2N4O3/c1-26-19(28)11-3-2-4-15(17(11)20(26)29)24-21(30)25-18-12-8-27(9-13(12)18)16-6-5-10(22)7-14(16)23/h2-7,12-13,18H,8-9H2,1H3,(H2,24,25,30)/t12-,13+,18+. The van der Waals surface area contributed by atoms with Crippen molar-refractivity contribution in [2.24, 2.45) is 11.8 Å². The summed E-state index contributed by atoms with van der Waals surface area (Å²) < 4.78 is 27.1. The number of imide groups is 1. The van der Waals surface area contributed by atoms with Crippen LogP contribution in [-0.2, 0) is 0 Å². The minimum Gasteiger partial charge on any atom is -0.368 e. The molecule has 2 aliphatic heterocycles. The van der Waals surface area contributed by atoms with Crippen molar-refractivity contribution in [3.8, 4) is 0 Å². The first kappa shape index (κ1) is 18.5. The Kier molecular flexibility index (Phi) is 4.02. The molecule has 1 aliphatic carbocycles. The second-order valence-electron chi connectivity index (χ2n) is 7.85. The predicted molar refractivity (Wildman–Crippen MR) is 104 cm³/mol. The average Bonchev–Trinajstić information content (AvgIpc) is 3.05. The van der Waals surface area contributed by atoms with Crippen LogP contribution in [0.5, 0.6) is 0 Å². The summed E-state index contributed by atoms with van der Waals surface area (Å²) in [5.41, 5.74) is 1.10. The second-order valence-corrected chi connectivity index (χ2v) is 7.85. The molecule has 9 heteroatoms. The van der Waals surface area contributed by atoms with Gasteiger partial charge in [-0.15, -0.1) is 0 Å². The summed E-state index contributed by atoms with van der Waals surface area (Å²) in [6.07, 6.45) is 0. The van der Waals surface area contributed by atoms with Gasteiger partial charge in [0.25, 0.3) is 11.8 Å². The van der Waals surface area contributed by atoms with E-state index in [1.807, 2.05) is 4.90 Å². The van der Waals surface area contributed by atoms with E-state index in [2.05, 4.69) is 10.6 Å². The molecule has 1 saturated carbocycles. The van der Waals surface area contributed by atoms with E-state index >= 15 is 0 Å². The van der Waals surface area contributed by atoms with Crippen LogP contribution in [0, 0.1) is 23.5 Å². The van der Waals surface area contributed by atoms with Crippen LogP contribution in [0.3, 0.4) is 0 Å². The fourth-order valence-corrected chi connectivity index (χ4v) is 4.49. The van der Waals surface area contributed by atoms with Crippen LogP contribution >= 0.6 is 0 Å². The van der Waals surface area contributed by atoms with Crippen molar-refractivity contribution in [3.05, 3.63) is 59.2 Å². The quantitative estimate of drug-likeness (QED) is 0.759. The summed E-state index contributed by atoms with van der Waals surface area (Å²) in [5.74, 6) is -1.71. The van der Waals surface area contributed by atoms with Crippen molar-refractivity contribution >= 4 is 29.2 Å². The summed E-state index contributed by atoms with van der Waals surface area (Å²) in [6, 6.07) is 7.75. The molecule has 2 heterocycles. The third-order valence-corrected chi connectivity index (χ3v) is 6.11. The van der Waals surface area contributed by atoms with Gasteiger partial charge in [-0.05, 0) is 24.3 Å². The summed E-state index contributed by atoms with van der Waals surface area (Å²) >= 11 is 0. The van der Waals surface area contributed by atoms with Crippen molar-refractivity contribution in [2.75, 3.05) is 30.4 Å². The minimum absolute atomic E-state index is 0.0541. The Balaban J connectivity index is 1.22. The zero-order chi connectivity index (χ0) is 21.2. The van der Waals surface area contributed by atoms with Crippen molar-refractivity contribution < 1.29 is 23.2 Å². The van der Waals surface area contributed by atoms with Gasteiger partial charge in [0.2, 0.25) is 0 Å². The van der Waals surface area contributed by atoms with Crippen LogP contribution in [-0.4, -0.2) is 48.9 Å². The highest BCUT2D eigenvalue weighted by atomic mass is 19.1. The lowest BCUT2D eigenvalue weighted by molar-refractivity contribution is 0.0693. The van der Waals surface area contributed by atoms with Crippen molar-refractivity contribution in [2.45, 2.75) is 6.04 Å². The first-order valence-electron chi connectivity index (χ1n) is 9.58. The lowest BCUT2D eigenvalue weighted by Gasteiger charge is -2.23. The van der Waals surface area contributed by atoms with Crippen LogP contribution in [0.1, 0.15) is 20.7 Å². The average molecular weight is 412 g/mol. The van der Waals surface area contributed by atoms with Crippen LogP contribution in [0.15, 0.2) is 36.4 Å². The number of amides is 4. The molecule has 2 fully saturated rings. The fourth-order valence-electron chi connectivity index (χ4n) is 4.49. The van der Waals surface area contributed by atoms with Gasteiger partial charge in [-0.3, -0.25) is 14.5 Å². The maximum absolute atomic E-state index is 14.0. The summed E-state index contributed by atoms with van der Waals surface area (Å²) in [7, 11) is 1.40. The monoisotopic (exact) mass is 412 g/mol. The lowest BCUT2D eigenvalue weighted by atomic mass is 10.1. The van der Waals surface area contributed by atoms with E-state index in [1.54, 1.807) is 18.2 Å². The molecule has 0 radical (unpaired) electrons. The topological polar surface area (TPSA) is 81.8 Å². The van der Waals surface area contributed by atoms with Gasteiger partial charge in [0, 0.05) is 44.1 Å². The third-order valence-electron chi connectivity index (χ3n) is 6.11. The summed E-state index contributed by atoms with van der Waals surface area (Å²) in [5, 5.41) is 5.56. The molecule has 3 atom stereocenters. The fraction of sp³-hybridized carbons (Fsp3) is 0.286. The zero-order valence-electron chi connectivity index (χ0n) is 16.0. The zero-order valence-corrected chi connectivity index (χ0v) is 16.0. The van der Waals surface area contributed by atoms with E-state index in [-0.39, 0.29) is 34.7 Å². The summed E-state index contributed by atoms with van der Waals surface area (Å²) in [6.45, 7) is 1.13. The number of hydrogen-bond acceptors (Lipinski definition) is 4. The molecule has 0 bridgehead atoms.